The zero-order chi connectivity index (χ0) is 13.8. The molecule has 0 bridgehead atoms. The second-order valence-corrected chi connectivity index (χ2v) is 4.93. The van der Waals surface area contributed by atoms with Crippen LogP contribution in [0.3, 0.4) is 0 Å². The molecule has 0 fully saturated rings. The highest BCUT2D eigenvalue weighted by molar-refractivity contribution is 6.22. The largest absolute Gasteiger partial charge is 0.494 e. The Morgan fingerprint density at radius 3 is 2.68 bits per heavy atom. The quantitative estimate of drug-likeness (QED) is 0.728. The first-order valence-electron chi connectivity index (χ1n) is 6.61. The van der Waals surface area contributed by atoms with Crippen molar-refractivity contribution in [1.29, 1.82) is 0 Å². The standard InChI is InChI=1S/C16H19ClO2/c1-4-14-12(8-9-19-14)16(17)13-10-11(3)6-7-15(13)18-5-2/h6-10,16H,4-5H2,1-3H3. The van der Waals surface area contributed by atoms with Gasteiger partial charge in [-0.15, -0.1) is 11.6 Å². The van der Waals surface area contributed by atoms with E-state index < -0.39 is 0 Å². The fraction of sp³-hybridized carbons (Fsp3) is 0.375. The van der Waals surface area contributed by atoms with Crippen LogP contribution in [0.5, 0.6) is 5.75 Å². The van der Waals surface area contributed by atoms with E-state index in [-0.39, 0.29) is 5.38 Å². The Kier molecular flexibility index (Phi) is 4.54. The Bertz CT molecular complexity index is 545. The normalized spacial score (nSPS) is 12.4. The van der Waals surface area contributed by atoms with Gasteiger partial charge in [0.25, 0.3) is 0 Å². The number of hydrogen-bond acceptors (Lipinski definition) is 2. The molecule has 19 heavy (non-hydrogen) atoms. The first-order valence-corrected chi connectivity index (χ1v) is 7.04. The Morgan fingerprint density at radius 1 is 1.21 bits per heavy atom. The van der Waals surface area contributed by atoms with Gasteiger partial charge in [0.15, 0.2) is 0 Å². The molecule has 0 amide bonds. The van der Waals surface area contributed by atoms with Gasteiger partial charge in [-0.3, -0.25) is 0 Å². The van der Waals surface area contributed by atoms with Crippen LogP contribution in [0.25, 0.3) is 0 Å². The third-order valence-corrected chi connectivity index (χ3v) is 3.58. The highest BCUT2D eigenvalue weighted by Crippen LogP contribution is 2.37. The van der Waals surface area contributed by atoms with Gasteiger partial charge in [0.05, 0.1) is 18.2 Å². The second kappa shape index (κ2) is 6.16. The van der Waals surface area contributed by atoms with E-state index >= 15 is 0 Å². The molecule has 0 aliphatic heterocycles. The summed E-state index contributed by atoms with van der Waals surface area (Å²) in [6.07, 6.45) is 2.53. The van der Waals surface area contributed by atoms with Gasteiger partial charge in [0.1, 0.15) is 11.5 Å². The average molecular weight is 279 g/mol. The van der Waals surface area contributed by atoms with Gasteiger partial charge in [-0.25, -0.2) is 0 Å². The molecule has 0 aliphatic carbocycles. The van der Waals surface area contributed by atoms with Crippen LogP contribution in [0.4, 0.5) is 0 Å². The zero-order valence-corrected chi connectivity index (χ0v) is 12.3. The molecule has 0 N–H and O–H groups in total. The van der Waals surface area contributed by atoms with Crippen molar-refractivity contribution in [3.05, 3.63) is 53.0 Å². The Balaban J connectivity index is 2.42. The highest BCUT2D eigenvalue weighted by Gasteiger charge is 2.20. The van der Waals surface area contributed by atoms with E-state index in [1.54, 1.807) is 6.26 Å². The lowest BCUT2D eigenvalue weighted by molar-refractivity contribution is 0.336. The van der Waals surface area contributed by atoms with Crippen molar-refractivity contribution in [2.75, 3.05) is 6.61 Å². The van der Waals surface area contributed by atoms with E-state index in [1.165, 1.54) is 5.56 Å². The summed E-state index contributed by atoms with van der Waals surface area (Å²) in [4.78, 5) is 0. The predicted molar refractivity (Wildman–Crippen MR) is 78.1 cm³/mol. The molecule has 0 saturated heterocycles. The van der Waals surface area contributed by atoms with Gasteiger partial charge in [0, 0.05) is 17.5 Å². The maximum absolute atomic E-state index is 6.63. The van der Waals surface area contributed by atoms with Crippen molar-refractivity contribution in [3.8, 4) is 5.75 Å². The van der Waals surface area contributed by atoms with Crippen LogP contribution in [0.2, 0.25) is 0 Å². The van der Waals surface area contributed by atoms with Crippen LogP contribution in [-0.2, 0) is 6.42 Å². The topological polar surface area (TPSA) is 22.4 Å². The van der Waals surface area contributed by atoms with E-state index in [9.17, 15) is 0 Å². The molecular weight excluding hydrogens is 260 g/mol. The van der Waals surface area contributed by atoms with Gasteiger partial charge >= 0.3 is 0 Å². The summed E-state index contributed by atoms with van der Waals surface area (Å²) in [6, 6.07) is 8.03. The summed E-state index contributed by atoms with van der Waals surface area (Å²) in [7, 11) is 0. The number of benzene rings is 1. The van der Waals surface area contributed by atoms with E-state index in [2.05, 4.69) is 19.9 Å². The summed E-state index contributed by atoms with van der Waals surface area (Å²) < 4.78 is 11.1. The molecule has 1 aromatic carbocycles. The lowest BCUT2D eigenvalue weighted by Gasteiger charge is -2.16. The minimum Gasteiger partial charge on any atom is -0.494 e. The summed E-state index contributed by atoms with van der Waals surface area (Å²) in [5.41, 5.74) is 3.20. The maximum atomic E-state index is 6.63. The fourth-order valence-corrected chi connectivity index (χ4v) is 2.55. The van der Waals surface area contributed by atoms with Gasteiger partial charge in [-0.2, -0.15) is 0 Å². The Labute approximate surface area is 119 Å². The van der Waals surface area contributed by atoms with Gasteiger partial charge in [-0.05, 0) is 26.0 Å². The molecule has 1 atom stereocenters. The average Bonchev–Trinajstić information content (AvgIpc) is 2.88. The Hall–Kier alpha value is -1.41. The van der Waals surface area contributed by atoms with Crippen LogP contribution in [0.15, 0.2) is 34.9 Å². The van der Waals surface area contributed by atoms with E-state index in [4.69, 9.17) is 20.8 Å². The minimum atomic E-state index is -0.241. The van der Waals surface area contributed by atoms with Gasteiger partial charge < -0.3 is 9.15 Å². The number of rotatable bonds is 5. The number of alkyl halides is 1. The molecule has 3 heteroatoms. The maximum Gasteiger partial charge on any atom is 0.124 e. The number of hydrogen-bond donors (Lipinski definition) is 0. The monoisotopic (exact) mass is 278 g/mol. The summed E-state index contributed by atoms with van der Waals surface area (Å²) in [5, 5.41) is -0.241. The van der Waals surface area contributed by atoms with Crippen LogP contribution in [-0.4, -0.2) is 6.61 Å². The highest BCUT2D eigenvalue weighted by atomic mass is 35.5. The van der Waals surface area contributed by atoms with Crippen LogP contribution in [0.1, 0.15) is 41.7 Å². The molecule has 0 aliphatic rings. The second-order valence-electron chi connectivity index (χ2n) is 4.49. The summed E-state index contributed by atoms with van der Waals surface area (Å²) >= 11 is 6.63. The van der Waals surface area contributed by atoms with Crippen molar-refractivity contribution in [2.24, 2.45) is 0 Å². The number of ether oxygens (including phenoxy) is 1. The first kappa shape index (κ1) is 14.0. The van der Waals surface area contributed by atoms with Gasteiger partial charge in [0.2, 0.25) is 0 Å². The van der Waals surface area contributed by atoms with Crippen molar-refractivity contribution >= 4 is 11.6 Å². The molecule has 1 aromatic heterocycles. The number of furan rings is 1. The number of aryl methyl sites for hydroxylation is 2. The summed E-state index contributed by atoms with van der Waals surface area (Å²) in [6.45, 7) is 6.72. The molecule has 2 rings (SSSR count). The third kappa shape index (κ3) is 2.95. The molecule has 2 nitrogen and oxygen atoms in total. The number of halogens is 1. The third-order valence-electron chi connectivity index (χ3n) is 3.11. The fourth-order valence-electron chi connectivity index (χ4n) is 2.18. The SMILES string of the molecule is CCOc1ccc(C)cc1C(Cl)c1ccoc1CC. The van der Waals surface area contributed by atoms with Gasteiger partial charge in [-0.1, -0.05) is 24.6 Å². The molecule has 0 saturated carbocycles. The molecular formula is C16H19ClO2. The molecule has 1 heterocycles. The van der Waals surface area contributed by atoms with Crippen LogP contribution < -0.4 is 4.74 Å². The van der Waals surface area contributed by atoms with Crippen molar-refractivity contribution in [3.63, 3.8) is 0 Å². The molecule has 2 aromatic rings. The molecule has 0 spiro atoms. The summed E-state index contributed by atoms with van der Waals surface area (Å²) in [5.74, 6) is 1.78. The van der Waals surface area contributed by atoms with E-state index in [1.807, 2.05) is 25.1 Å². The lowest BCUT2D eigenvalue weighted by Crippen LogP contribution is -2.01. The van der Waals surface area contributed by atoms with Crippen molar-refractivity contribution in [2.45, 2.75) is 32.6 Å². The predicted octanol–water partition coefficient (Wildman–Crippen LogP) is 4.88. The van der Waals surface area contributed by atoms with Crippen LogP contribution in [0, 0.1) is 6.92 Å². The van der Waals surface area contributed by atoms with Crippen molar-refractivity contribution in [1.82, 2.24) is 0 Å². The molecule has 102 valence electrons. The lowest BCUT2D eigenvalue weighted by atomic mass is 10.0. The van der Waals surface area contributed by atoms with E-state index in [0.717, 1.165) is 29.1 Å². The van der Waals surface area contributed by atoms with Crippen molar-refractivity contribution < 1.29 is 9.15 Å². The zero-order valence-electron chi connectivity index (χ0n) is 11.6. The first-order chi connectivity index (χ1) is 9.17. The van der Waals surface area contributed by atoms with Crippen LogP contribution >= 0.6 is 11.6 Å². The molecule has 0 radical (unpaired) electrons. The van der Waals surface area contributed by atoms with E-state index in [0.29, 0.717) is 6.61 Å². The minimum absolute atomic E-state index is 0.241. The smallest absolute Gasteiger partial charge is 0.124 e. The Morgan fingerprint density at radius 2 is 2.00 bits per heavy atom. The molecule has 1 unspecified atom stereocenters.